The van der Waals surface area contributed by atoms with Crippen LogP contribution in [0.4, 0.5) is 5.69 Å². The molecule has 0 spiro atoms. The first-order valence-electron chi connectivity index (χ1n) is 5.06. The normalized spacial score (nSPS) is 17.8. The molecule has 1 rings (SSSR count). The lowest BCUT2D eigenvalue weighted by Crippen LogP contribution is -2.25. The number of hydrogen-bond donors (Lipinski definition) is 3. The SMILES string of the molecule is [2H]c1cc(O)cc([2H])c1NC([2H])(C)C(=O)O. The van der Waals surface area contributed by atoms with Gasteiger partial charge in [-0.25, -0.2) is 0 Å². The first-order valence-corrected chi connectivity index (χ1v) is 3.56. The molecule has 0 aliphatic carbocycles. The van der Waals surface area contributed by atoms with Crippen molar-refractivity contribution in [2.75, 3.05) is 5.32 Å². The summed E-state index contributed by atoms with van der Waals surface area (Å²) in [5, 5.41) is 20.1. The van der Waals surface area contributed by atoms with Crippen LogP contribution in [0.3, 0.4) is 0 Å². The molecule has 0 bridgehead atoms. The van der Waals surface area contributed by atoms with Gasteiger partial charge < -0.3 is 15.5 Å². The van der Waals surface area contributed by atoms with Gasteiger partial charge >= 0.3 is 5.97 Å². The van der Waals surface area contributed by atoms with Crippen LogP contribution in [0.5, 0.6) is 5.75 Å². The molecule has 3 N–H and O–H groups in total. The summed E-state index contributed by atoms with van der Waals surface area (Å²) in [5.74, 6) is -1.66. The topological polar surface area (TPSA) is 69.6 Å². The van der Waals surface area contributed by atoms with Gasteiger partial charge in [0, 0.05) is 5.69 Å². The zero-order valence-corrected chi connectivity index (χ0v) is 6.96. The van der Waals surface area contributed by atoms with Gasteiger partial charge in [-0.05, 0) is 31.1 Å². The fourth-order valence-corrected chi connectivity index (χ4v) is 0.689. The number of carboxylic acids is 1. The van der Waals surface area contributed by atoms with Crippen molar-refractivity contribution in [2.45, 2.75) is 12.9 Å². The van der Waals surface area contributed by atoms with Gasteiger partial charge in [-0.2, -0.15) is 0 Å². The minimum Gasteiger partial charge on any atom is -0.508 e. The number of aliphatic carboxylic acids is 1. The van der Waals surface area contributed by atoms with Gasteiger partial charge in [-0.1, -0.05) is 0 Å². The van der Waals surface area contributed by atoms with E-state index in [2.05, 4.69) is 5.32 Å². The van der Waals surface area contributed by atoms with Crippen molar-refractivity contribution >= 4 is 11.7 Å². The highest BCUT2D eigenvalue weighted by Crippen LogP contribution is 2.14. The Bertz CT molecular complexity index is 411. The van der Waals surface area contributed by atoms with Crippen molar-refractivity contribution in [3.63, 3.8) is 0 Å². The Hall–Kier alpha value is -1.71. The molecule has 0 fully saturated rings. The molecule has 1 atom stereocenters. The molecule has 1 unspecified atom stereocenters. The predicted molar refractivity (Wildman–Crippen MR) is 48.8 cm³/mol. The Morgan fingerprint density at radius 3 is 2.69 bits per heavy atom. The van der Waals surface area contributed by atoms with E-state index in [4.69, 9.17) is 14.3 Å². The number of phenolic OH excluding ortho intramolecular Hbond substituents is 1. The van der Waals surface area contributed by atoms with E-state index < -0.39 is 12.0 Å². The van der Waals surface area contributed by atoms with Gasteiger partial charge in [0.15, 0.2) is 0 Å². The number of anilines is 1. The van der Waals surface area contributed by atoms with Gasteiger partial charge in [0.2, 0.25) is 0 Å². The van der Waals surface area contributed by atoms with Crippen molar-refractivity contribution in [1.82, 2.24) is 0 Å². The van der Waals surface area contributed by atoms with Crippen LogP contribution < -0.4 is 5.32 Å². The standard InChI is InChI=1S/C9H11NO3/c1-6(9(12)13)10-7-2-4-8(11)5-3-7/h2-6,10-11H,1H3,(H,12,13)/i2D,3D,6D. The number of phenols is 1. The Morgan fingerprint density at radius 2 is 2.23 bits per heavy atom. The quantitative estimate of drug-likeness (QED) is 0.619. The van der Waals surface area contributed by atoms with Crippen LogP contribution in [0.15, 0.2) is 24.2 Å². The average molecular weight is 184 g/mol. The summed E-state index contributed by atoms with van der Waals surface area (Å²) in [6.07, 6.45) is 0. The number of hydrogen-bond acceptors (Lipinski definition) is 3. The summed E-state index contributed by atoms with van der Waals surface area (Å²) in [6.45, 7) is 1.10. The van der Waals surface area contributed by atoms with Gasteiger partial charge in [0.1, 0.15) is 11.8 Å². The molecule has 0 aliphatic rings. The molecule has 4 nitrogen and oxygen atoms in total. The maximum atomic E-state index is 10.7. The summed E-state index contributed by atoms with van der Waals surface area (Å²) in [5.41, 5.74) is -0.0994. The van der Waals surface area contributed by atoms with Gasteiger partial charge in [-0.3, -0.25) is 4.79 Å². The molecule has 13 heavy (non-hydrogen) atoms. The van der Waals surface area contributed by atoms with Crippen LogP contribution in [0.1, 0.15) is 11.0 Å². The summed E-state index contributed by atoms with van der Waals surface area (Å²) in [6, 6.07) is -0.353. The molecule has 0 aromatic heterocycles. The number of carboxylic acid groups (broad SMARTS) is 1. The summed E-state index contributed by atoms with van der Waals surface area (Å²) in [4.78, 5) is 10.7. The van der Waals surface area contributed by atoms with Crippen molar-refractivity contribution in [1.29, 1.82) is 0 Å². The molecule has 70 valence electrons. The van der Waals surface area contributed by atoms with Crippen molar-refractivity contribution < 1.29 is 19.1 Å². The molecule has 1 aromatic carbocycles. The second-order valence-electron chi connectivity index (χ2n) is 2.43. The third-order valence-corrected chi connectivity index (χ3v) is 1.36. The van der Waals surface area contributed by atoms with Crippen LogP contribution in [-0.2, 0) is 4.79 Å². The Morgan fingerprint density at radius 1 is 1.69 bits per heavy atom. The van der Waals surface area contributed by atoms with E-state index in [0.717, 1.165) is 19.1 Å². The molecule has 0 saturated heterocycles. The molecule has 1 aromatic rings. The monoisotopic (exact) mass is 184 g/mol. The summed E-state index contributed by atoms with van der Waals surface area (Å²) in [7, 11) is 0. The third kappa shape index (κ3) is 2.66. The Balaban J connectivity index is 3.11. The number of aromatic hydroxyl groups is 1. The lowest BCUT2D eigenvalue weighted by Gasteiger charge is -2.09. The second-order valence-corrected chi connectivity index (χ2v) is 2.43. The van der Waals surface area contributed by atoms with E-state index in [9.17, 15) is 4.79 Å². The molecular formula is C9H11NO3. The predicted octanol–water partition coefficient (Wildman–Crippen LogP) is 1.28. The minimum atomic E-state index is -2.03. The molecule has 0 aliphatic heterocycles. The highest BCUT2D eigenvalue weighted by molar-refractivity contribution is 5.76. The van der Waals surface area contributed by atoms with E-state index >= 15 is 0 Å². The van der Waals surface area contributed by atoms with Crippen molar-refractivity contribution in [2.24, 2.45) is 0 Å². The Kier molecular flexibility index (Phi) is 1.71. The van der Waals surface area contributed by atoms with Crippen LogP contribution in [0.25, 0.3) is 0 Å². The van der Waals surface area contributed by atoms with E-state index in [0.29, 0.717) is 0 Å². The van der Waals surface area contributed by atoms with Gasteiger partial charge in [0.05, 0.1) is 4.11 Å². The smallest absolute Gasteiger partial charge is 0.325 e. The first-order chi connectivity index (χ1) is 7.24. The molecule has 0 amide bonds. The lowest BCUT2D eigenvalue weighted by molar-refractivity contribution is -0.137. The number of nitrogens with one attached hydrogen (secondary N) is 1. The Labute approximate surface area is 80.0 Å². The fraction of sp³-hybridized carbons (Fsp3) is 0.222. The van der Waals surface area contributed by atoms with Crippen LogP contribution >= 0.6 is 0 Å². The van der Waals surface area contributed by atoms with E-state index in [-0.39, 0.29) is 23.5 Å². The van der Waals surface area contributed by atoms with Gasteiger partial charge in [0.25, 0.3) is 0 Å². The zero-order valence-electron chi connectivity index (χ0n) is 9.96. The van der Waals surface area contributed by atoms with E-state index in [1.807, 2.05) is 0 Å². The number of rotatable bonds is 3. The molecule has 0 heterocycles. The van der Waals surface area contributed by atoms with Crippen LogP contribution in [0, 0.1) is 0 Å². The first kappa shape index (κ1) is 5.85. The summed E-state index contributed by atoms with van der Waals surface area (Å²) < 4.78 is 22.3. The highest BCUT2D eigenvalue weighted by Gasteiger charge is 2.09. The van der Waals surface area contributed by atoms with Crippen molar-refractivity contribution in [3.05, 3.63) is 24.2 Å². The average Bonchev–Trinajstić information content (AvgIpc) is 2.11. The lowest BCUT2D eigenvalue weighted by atomic mass is 10.2. The second kappa shape index (κ2) is 3.80. The van der Waals surface area contributed by atoms with Gasteiger partial charge in [-0.15, -0.1) is 0 Å². The largest absolute Gasteiger partial charge is 0.508 e. The fourth-order valence-electron chi connectivity index (χ4n) is 0.689. The van der Waals surface area contributed by atoms with E-state index in [1.165, 1.54) is 0 Å². The molecule has 0 radical (unpaired) electrons. The highest BCUT2D eigenvalue weighted by atomic mass is 16.4. The summed E-state index contributed by atoms with van der Waals surface area (Å²) >= 11 is 0. The number of benzene rings is 1. The zero-order chi connectivity index (χ0) is 12.5. The molecular weight excluding hydrogens is 170 g/mol. The third-order valence-electron chi connectivity index (χ3n) is 1.36. The van der Waals surface area contributed by atoms with Crippen LogP contribution in [0.2, 0.25) is 0 Å². The molecule has 4 heteroatoms. The minimum absolute atomic E-state index is 0.0994. The van der Waals surface area contributed by atoms with E-state index in [1.54, 1.807) is 0 Å². The number of carbonyl (C=O) groups is 1. The maximum Gasteiger partial charge on any atom is 0.325 e. The van der Waals surface area contributed by atoms with Crippen LogP contribution in [-0.4, -0.2) is 22.2 Å². The molecule has 0 saturated carbocycles. The maximum absolute atomic E-state index is 10.7. The van der Waals surface area contributed by atoms with Crippen molar-refractivity contribution in [3.8, 4) is 5.75 Å².